The first-order valence-corrected chi connectivity index (χ1v) is 10.6. The Morgan fingerprint density at radius 1 is 1.03 bits per heavy atom. The molecule has 3 heterocycles. The number of anilines is 1. The van der Waals surface area contributed by atoms with Gasteiger partial charge in [0.15, 0.2) is 0 Å². The Balaban J connectivity index is 1.68. The molecule has 1 aliphatic heterocycles. The lowest BCUT2D eigenvalue weighted by molar-refractivity contribution is 0.195. The summed E-state index contributed by atoms with van der Waals surface area (Å²) in [7, 11) is 1.75. The van der Waals surface area contributed by atoms with Crippen LogP contribution < -0.4 is 4.90 Å². The molecule has 0 amide bonds. The molecule has 5 heteroatoms. The first-order valence-electron chi connectivity index (χ1n) is 10.6. The molecule has 0 aliphatic carbocycles. The average Bonchev–Trinajstić information content (AvgIpc) is 2.79. The van der Waals surface area contributed by atoms with Gasteiger partial charge in [0, 0.05) is 63.2 Å². The molecule has 1 aliphatic rings. The summed E-state index contributed by atoms with van der Waals surface area (Å²) in [4.78, 5) is 14.5. The average molecular weight is 391 g/mol. The zero-order valence-electron chi connectivity index (χ0n) is 17.5. The van der Waals surface area contributed by atoms with Gasteiger partial charge in [-0.25, -0.2) is 4.98 Å². The molecule has 0 spiro atoms. The summed E-state index contributed by atoms with van der Waals surface area (Å²) in [5, 5.41) is 2.46. The number of methoxy groups -OCH3 is 1. The fourth-order valence-electron chi connectivity index (χ4n) is 4.03. The number of pyridine rings is 2. The summed E-state index contributed by atoms with van der Waals surface area (Å²) in [6.07, 6.45) is 5.84. The minimum atomic E-state index is 0.770. The number of piperazine rings is 1. The van der Waals surface area contributed by atoms with Gasteiger partial charge >= 0.3 is 0 Å². The van der Waals surface area contributed by atoms with Gasteiger partial charge in [-0.1, -0.05) is 31.2 Å². The van der Waals surface area contributed by atoms with Crippen molar-refractivity contribution in [1.29, 1.82) is 0 Å². The Morgan fingerprint density at radius 3 is 2.66 bits per heavy atom. The van der Waals surface area contributed by atoms with Gasteiger partial charge in [0.25, 0.3) is 0 Å². The maximum Gasteiger partial charge on any atom is 0.137 e. The number of ether oxygens (including phenoxy) is 1. The van der Waals surface area contributed by atoms with E-state index in [-0.39, 0.29) is 0 Å². The highest BCUT2D eigenvalue weighted by atomic mass is 16.5. The molecule has 0 N–H and O–H groups in total. The van der Waals surface area contributed by atoms with E-state index in [0.29, 0.717) is 0 Å². The highest BCUT2D eigenvalue weighted by Crippen LogP contribution is 2.30. The van der Waals surface area contributed by atoms with E-state index in [2.05, 4.69) is 58.1 Å². The molecule has 1 saturated heterocycles. The van der Waals surface area contributed by atoms with Gasteiger partial charge in [-0.15, -0.1) is 0 Å². The molecule has 0 unspecified atom stereocenters. The van der Waals surface area contributed by atoms with Crippen LogP contribution in [0.25, 0.3) is 22.0 Å². The van der Waals surface area contributed by atoms with Crippen LogP contribution in [0.15, 0.2) is 48.8 Å². The molecule has 1 fully saturated rings. The number of aryl methyl sites for hydroxylation is 1. The maximum atomic E-state index is 5.18. The zero-order valence-corrected chi connectivity index (χ0v) is 17.5. The van der Waals surface area contributed by atoms with Crippen molar-refractivity contribution < 1.29 is 4.74 Å². The summed E-state index contributed by atoms with van der Waals surface area (Å²) in [6.45, 7) is 8.33. The normalized spacial score (nSPS) is 15.2. The van der Waals surface area contributed by atoms with Crippen LogP contribution in [-0.2, 0) is 11.2 Å². The van der Waals surface area contributed by atoms with Gasteiger partial charge in [0.2, 0.25) is 0 Å². The van der Waals surface area contributed by atoms with E-state index in [1.807, 2.05) is 12.4 Å². The van der Waals surface area contributed by atoms with Crippen molar-refractivity contribution in [2.45, 2.75) is 19.8 Å². The number of hydrogen-bond donors (Lipinski definition) is 0. The standard InChI is InChI=1S/C24H30N4O/c1-3-27-10-12-28(13-11-27)24-22-9-5-4-8-20(22)16-23(26-24)21-15-19(17-25-18-21)7-6-14-29-2/h4-5,8-9,15-18H,3,6-7,10-14H2,1-2H3. The number of fused-ring (bicyclic) bond motifs is 1. The predicted molar refractivity (Wildman–Crippen MR) is 119 cm³/mol. The molecule has 0 radical (unpaired) electrons. The van der Waals surface area contributed by atoms with E-state index in [4.69, 9.17) is 9.72 Å². The van der Waals surface area contributed by atoms with E-state index in [1.54, 1.807) is 7.11 Å². The lowest BCUT2D eigenvalue weighted by atomic mass is 10.0. The fourth-order valence-corrected chi connectivity index (χ4v) is 4.03. The van der Waals surface area contributed by atoms with Crippen LogP contribution in [-0.4, -0.2) is 61.3 Å². The first-order chi connectivity index (χ1) is 14.3. The molecule has 0 saturated carbocycles. The topological polar surface area (TPSA) is 41.5 Å². The van der Waals surface area contributed by atoms with E-state index < -0.39 is 0 Å². The van der Waals surface area contributed by atoms with Crippen molar-refractivity contribution in [3.05, 3.63) is 54.4 Å². The third-order valence-corrected chi connectivity index (χ3v) is 5.74. The third-order valence-electron chi connectivity index (χ3n) is 5.74. The first kappa shape index (κ1) is 19.8. The van der Waals surface area contributed by atoms with E-state index in [1.165, 1.54) is 16.3 Å². The smallest absolute Gasteiger partial charge is 0.137 e. The number of aromatic nitrogens is 2. The fraction of sp³-hybridized carbons (Fsp3) is 0.417. The lowest BCUT2D eigenvalue weighted by Crippen LogP contribution is -2.46. The summed E-state index contributed by atoms with van der Waals surface area (Å²) < 4.78 is 5.18. The quantitative estimate of drug-likeness (QED) is 0.570. The SMILES string of the molecule is CCN1CCN(c2nc(-c3cncc(CCCOC)c3)cc3ccccc23)CC1. The molecule has 1 aromatic carbocycles. The summed E-state index contributed by atoms with van der Waals surface area (Å²) >= 11 is 0. The van der Waals surface area contributed by atoms with Crippen LogP contribution in [0.2, 0.25) is 0 Å². The Hall–Kier alpha value is -2.50. The summed E-state index contributed by atoms with van der Waals surface area (Å²) in [5.41, 5.74) is 3.31. The van der Waals surface area contributed by atoms with Crippen LogP contribution in [0.3, 0.4) is 0 Å². The van der Waals surface area contributed by atoms with Crippen molar-refractivity contribution in [1.82, 2.24) is 14.9 Å². The molecular formula is C24H30N4O. The minimum Gasteiger partial charge on any atom is -0.385 e. The lowest BCUT2D eigenvalue weighted by Gasteiger charge is -2.35. The third kappa shape index (κ3) is 4.57. The van der Waals surface area contributed by atoms with Gasteiger partial charge in [-0.3, -0.25) is 4.98 Å². The van der Waals surface area contributed by atoms with Crippen LogP contribution in [0.5, 0.6) is 0 Å². The Bertz CT molecular complexity index is 951. The Labute approximate surface area is 173 Å². The monoisotopic (exact) mass is 390 g/mol. The largest absolute Gasteiger partial charge is 0.385 e. The molecule has 0 bridgehead atoms. The summed E-state index contributed by atoms with van der Waals surface area (Å²) in [5.74, 6) is 1.10. The van der Waals surface area contributed by atoms with Crippen LogP contribution >= 0.6 is 0 Å². The van der Waals surface area contributed by atoms with Crippen molar-refractivity contribution in [3.8, 4) is 11.3 Å². The molecule has 4 rings (SSSR count). The summed E-state index contributed by atoms with van der Waals surface area (Å²) in [6, 6.07) is 13.0. The Morgan fingerprint density at radius 2 is 1.86 bits per heavy atom. The number of likely N-dealkylation sites (N-methyl/N-ethyl adjacent to an activating group) is 1. The van der Waals surface area contributed by atoms with Crippen LogP contribution in [0.1, 0.15) is 18.9 Å². The Kier molecular flexibility index (Phi) is 6.37. The van der Waals surface area contributed by atoms with Crippen molar-refractivity contribution >= 4 is 16.6 Å². The highest BCUT2D eigenvalue weighted by molar-refractivity contribution is 5.95. The second-order valence-electron chi connectivity index (χ2n) is 7.65. The van der Waals surface area contributed by atoms with E-state index in [0.717, 1.165) is 69.2 Å². The number of hydrogen-bond acceptors (Lipinski definition) is 5. The van der Waals surface area contributed by atoms with Gasteiger partial charge in [-0.2, -0.15) is 0 Å². The number of nitrogens with zero attached hydrogens (tertiary/aromatic N) is 4. The maximum absolute atomic E-state index is 5.18. The predicted octanol–water partition coefficient (Wildman–Crippen LogP) is 4.02. The number of benzene rings is 1. The van der Waals surface area contributed by atoms with Gasteiger partial charge in [0.05, 0.1) is 5.69 Å². The number of rotatable bonds is 7. The zero-order chi connectivity index (χ0) is 20.1. The molecular weight excluding hydrogens is 360 g/mol. The second-order valence-corrected chi connectivity index (χ2v) is 7.65. The van der Waals surface area contributed by atoms with Crippen LogP contribution in [0.4, 0.5) is 5.82 Å². The van der Waals surface area contributed by atoms with Crippen molar-refractivity contribution in [2.24, 2.45) is 0 Å². The molecule has 152 valence electrons. The van der Waals surface area contributed by atoms with E-state index in [9.17, 15) is 0 Å². The molecule has 5 nitrogen and oxygen atoms in total. The highest BCUT2D eigenvalue weighted by Gasteiger charge is 2.19. The molecule has 3 aromatic rings. The second kappa shape index (κ2) is 9.33. The van der Waals surface area contributed by atoms with Crippen LogP contribution in [0, 0.1) is 0 Å². The van der Waals surface area contributed by atoms with Crippen molar-refractivity contribution in [3.63, 3.8) is 0 Å². The van der Waals surface area contributed by atoms with Crippen molar-refractivity contribution in [2.75, 3.05) is 51.3 Å². The molecule has 0 atom stereocenters. The van der Waals surface area contributed by atoms with Gasteiger partial charge < -0.3 is 14.5 Å². The molecule has 29 heavy (non-hydrogen) atoms. The molecule has 2 aromatic heterocycles. The van der Waals surface area contributed by atoms with Gasteiger partial charge in [-0.05, 0) is 42.5 Å². The minimum absolute atomic E-state index is 0.770. The van der Waals surface area contributed by atoms with Gasteiger partial charge in [0.1, 0.15) is 5.82 Å². The van der Waals surface area contributed by atoms with E-state index >= 15 is 0 Å².